The Morgan fingerprint density at radius 2 is 2.33 bits per heavy atom. The lowest BCUT2D eigenvalue weighted by atomic mass is 9.97. The first-order valence-electron chi connectivity index (χ1n) is 5.31. The van der Waals surface area contributed by atoms with E-state index in [4.69, 9.17) is 5.73 Å². The summed E-state index contributed by atoms with van der Waals surface area (Å²) in [6.07, 6.45) is 2.31. The van der Waals surface area contributed by atoms with Gasteiger partial charge < -0.3 is 15.7 Å². The van der Waals surface area contributed by atoms with Gasteiger partial charge in [0.1, 0.15) is 5.82 Å². The number of hydrogen-bond donors (Lipinski definition) is 2. The molecule has 2 atom stereocenters. The van der Waals surface area contributed by atoms with Crippen LogP contribution in [0.25, 0.3) is 0 Å². The third-order valence-corrected chi connectivity index (χ3v) is 2.95. The molecule has 1 aromatic heterocycles. The summed E-state index contributed by atoms with van der Waals surface area (Å²) in [5.41, 5.74) is 6.27. The van der Waals surface area contributed by atoms with Gasteiger partial charge in [0.25, 0.3) is 0 Å². The number of pyridine rings is 1. The fraction of sp³-hybridized carbons (Fsp3) is 0.545. The van der Waals surface area contributed by atoms with Gasteiger partial charge in [-0.05, 0) is 24.5 Å². The van der Waals surface area contributed by atoms with E-state index in [1.54, 1.807) is 6.20 Å². The second kappa shape index (κ2) is 4.06. The zero-order chi connectivity index (χ0) is 10.8. The predicted octanol–water partition coefficient (Wildman–Crippen LogP) is 0.871. The second-order valence-corrected chi connectivity index (χ2v) is 4.23. The number of aromatic nitrogens is 1. The van der Waals surface area contributed by atoms with Gasteiger partial charge in [0.05, 0.1) is 18.0 Å². The summed E-state index contributed by atoms with van der Waals surface area (Å²) in [5, 5.41) is 9.62. The van der Waals surface area contributed by atoms with Crippen LogP contribution in [0.4, 0.5) is 11.5 Å². The molecule has 1 aliphatic rings. The molecule has 0 aromatic carbocycles. The number of anilines is 2. The van der Waals surface area contributed by atoms with Gasteiger partial charge >= 0.3 is 0 Å². The van der Waals surface area contributed by atoms with E-state index in [-0.39, 0.29) is 6.10 Å². The summed E-state index contributed by atoms with van der Waals surface area (Å²) in [6.45, 7) is 3.79. The van der Waals surface area contributed by atoms with E-state index >= 15 is 0 Å². The molecule has 3 N–H and O–H groups in total. The molecular formula is C11H17N3O. The van der Waals surface area contributed by atoms with Crippen LogP contribution in [0.15, 0.2) is 18.3 Å². The van der Waals surface area contributed by atoms with E-state index < -0.39 is 0 Å². The lowest BCUT2D eigenvalue weighted by Crippen LogP contribution is -2.42. The quantitative estimate of drug-likeness (QED) is 0.717. The molecule has 4 nitrogen and oxygen atoms in total. The van der Waals surface area contributed by atoms with Crippen LogP contribution in [0.3, 0.4) is 0 Å². The monoisotopic (exact) mass is 207 g/mol. The van der Waals surface area contributed by atoms with E-state index in [2.05, 4.69) is 16.8 Å². The SMILES string of the molecule is C[C@@H]1CN(c2ccc(N)cn2)CC[C@@H]1O. The molecule has 0 saturated carbocycles. The van der Waals surface area contributed by atoms with Crippen molar-refractivity contribution < 1.29 is 5.11 Å². The highest BCUT2D eigenvalue weighted by Gasteiger charge is 2.24. The highest BCUT2D eigenvalue weighted by molar-refractivity contribution is 5.46. The molecule has 0 aliphatic carbocycles. The van der Waals surface area contributed by atoms with E-state index in [0.717, 1.165) is 25.3 Å². The Morgan fingerprint density at radius 3 is 2.93 bits per heavy atom. The molecule has 4 heteroatoms. The summed E-state index contributed by atoms with van der Waals surface area (Å²) in [4.78, 5) is 6.47. The molecule has 1 aliphatic heterocycles. The van der Waals surface area contributed by atoms with E-state index in [0.29, 0.717) is 11.6 Å². The number of rotatable bonds is 1. The molecule has 2 heterocycles. The van der Waals surface area contributed by atoms with Crippen molar-refractivity contribution in [3.63, 3.8) is 0 Å². The van der Waals surface area contributed by atoms with Gasteiger partial charge in [-0.2, -0.15) is 0 Å². The van der Waals surface area contributed by atoms with Crippen LogP contribution in [0.2, 0.25) is 0 Å². The van der Waals surface area contributed by atoms with Crippen molar-refractivity contribution in [1.82, 2.24) is 4.98 Å². The first kappa shape index (κ1) is 10.2. The molecule has 82 valence electrons. The highest BCUT2D eigenvalue weighted by atomic mass is 16.3. The van der Waals surface area contributed by atoms with Gasteiger partial charge in [0.15, 0.2) is 0 Å². The van der Waals surface area contributed by atoms with Crippen molar-refractivity contribution in [3.05, 3.63) is 18.3 Å². The first-order valence-corrected chi connectivity index (χ1v) is 5.31. The smallest absolute Gasteiger partial charge is 0.128 e. The standard InChI is InChI=1S/C11H17N3O/c1-8-7-14(5-4-10(8)15)11-3-2-9(12)6-13-11/h2-3,6,8,10,15H,4-5,7,12H2,1H3/t8-,10+/m1/s1. The van der Waals surface area contributed by atoms with Gasteiger partial charge in [0.2, 0.25) is 0 Å². The molecule has 15 heavy (non-hydrogen) atoms. The van der Waals surface area contributed by atoms with Crippen LogP contribution in [-0.2, 0) is 0 Å². The van der Waals surface area contributed by atoms with E-state index in [9.17, 15) is 5.11 Å². The van der Waals surface area contributed by atoms with Crippen molar-refractivity contribution in [3.8, 4) is 0 Å². The van der Waals surface area contributed by atoms with Crippen molar-refractivity contribution in [2.45, 2.75) is 19.4 Å². The average molecular weight is 207 g/mol. The minimum Gasteiger partial charge on any atom is -0.397 e. The maximum Gasteiger partial charge on any atom is 0.128 e. The number of aliphatic hydroxyl groups excluding tert-OH is 1. The molecule has 0 radical (unpaired) electrons. The van der Waals surface area contributed by atoms with Gasteiger partial charge in [-0.3, -0.25) is 0 Å². The second-order valence-electron chi connectivity index (χ2n) is 4.23. The van der Waals surface area contributed by atoms with Crippen molar-refractivity contribution >= 4 is 11.5 Å². The summed E-state index contributed by atoms with van der Waals surface area (Å²) in [6, 6.07) is 3.79. The number of aliphatic hydroxyl groups is 1. The van der Waals surface area contributed by atoms with Crippen LogP contribution >= 0.6 is 0 Å². The Kier molecular flexibility index (Phi) is 2.77. The molecule has 2 rings (SSSR count). The van der Waals surface area contributed by atoms with Crippen LogP contribution in [0.5, 0.6) is 0 Å². The highest BCUT2D eigenvalue weighted by Crippen LogP contribution is 2.21. The predicted molar refractivity (Wildman–Crippen MR) is 60.7 cm³/mol. The van der Waals surface area contributed by atoms with Crippen LogP contribution in [0, 0.1) is 5.92 Å². The Bertz CT molecular complexity index is 325. The van der Waals surface area contributed by atoms with Crippen LogP contribution < -0.4 is 10.6 Å². The molecule has 0 spiro atoms. The minimum absolute atomic E-state index is 0.171. The zero-order valence-corrected chi connectivity index (χ0v) is 8.93. The van der Waals surface area contributed by atoms with Gasteiger partial charge in [-0.25, -0.2) is 4.98 Å². The minimum atomic E-state index is -0.171. The van der Waals surface area contributed by atoms with Gasteiger partial charge in [0, 0.05) is 13.1 Å². The van der Waals surface area contributed by atoms with Crippen LogP contribution in [0.1, 0.15) is 13.3 Å². The zero-order valence-electron chi connectivity index (χ0n) is 8.93. The fourth-order valence-electron chi connectivity index (χ4n) is 1.93. The number of nitrogen functional groups attached to an aromatic ring is 1. The topological polar surface area (TPSA) is 62.4 Å². The third-order valence-electron chi connectivity index (χ3n) is 2.95. The molecule has 1 aromatic rings. The molecule has 0 amide bonds. The average Bonchev–Trinajstić information content (AvgIpc) is 2.23. The Balaban J connectivity index is 2.08. The van der Waals surface area contributed by atoms with Crippen molar-refractivity contribution in [1.29, 1.82) is 0 Å². The summed E-state index contributed by atoms with van der Waals surface area (Å²) < 4.78 is 0. The van der Waals surface area contributed by atoms with Gasteiger partial charge in [-0.1, -0.05) is 6.92 Å². The molecule has 0 bridgehead atoms. The van der Waals surface area contributed by atoms with Crippen LogP contribution in [-0.4, -0.2) is 29.3 Å². The lowest BCUT2D eigenvalue weighted by Gasteiger charge is -2.35. The fourth-order valence-corrected chi connectivity index (χ4v) is 1.93. The molecule has 0 unspecified atom stereocenters. The van der Waals surface area contributed by atoms with E-state index in [1.165, 1.54) is 0 Å². The summed E-state index contributed by atoms with van der Waals surface area (Å²) in [7, 11) is 0. The Morgan fingerprint density at radius 1 is 1.53 bits per heavy atom. The summed E-state index contributed by atoms with van der Waals surface area (Å²) >= 11 is 0. The lowest BCUT2D eigenvalue weighted by molar-refractivity contribution is 0.0969. The Labute approximate surface area is 89.7 Å². The molecule has 1 saturated heterocycles. The normalized spacial score (nSPS) is 26.7. The largest absolute Gasteiger partial charge is 0.397 e. The van der Waals surface area contributed by atoms with Crippen molar-refractivity contribution in [2.75, 3.05) is 23.7 Å². The Hall–Kier alpha value is -1.29. The van der Waals surface area contributed by atoms with E-state index in [1.807, 2.05) is 12.1 Å². The first-order chi connectivity index (χ1) is 7.16. The summed E-state index contributed by atoms with van der Waals surface area (Å²) in [5.74, 6) is 1.25. The van der Waals surface area contributed by atoms with Crippen molar-refractivity contribution in [2.24, 2.45) is 5.92 Å². The third kappa shape index (κ3) is 2.21. The number of hydrogen-bond acceptors (Lipinski definition) is 4. The maximum atomic E-state index is 9.62. The number of nitrogens with zero attached hydrogens (tertiary/aromatic N) is 2. The molecule has 1 fully saturated rings. The van der Waals surface area contributed by atoms with Gasteiger partial charge in [-0.15, -0.1) is 0 Å². The maximum absolute atomic E-state index is 9.62. The molecular weight excluding hydrogens is 190 g/mol. The number of nitrogens with two attached hydrogens (primary N) is 1. The number of piperidine rings is 1.